The third kappa shape index (κ3) is 3.71. The van der Waals surface area contributed by atoms with Crippen molar-refractivity contribution in [2.24, 2.45) is 5.10 Å². The first-order chi connectivity index (χ1) is 12.1. The number of amides is 1. The summed E-state index contributed by atoms with van der Waals surface area (Å²) in [4.78, 5) is 23.2. The van der Waals surface area contributed by atoms with E-state index in [1.54, 1.807) is 25.5 Å². The number of ether oxygens (including phenoxy) is 1. The fourth-order valence-corrected chi connectivity index (χ4v) is 2.75. The van der Waals surface area contributed by atoms with Crippen LogP contribution in [0.1, 0.15) is 36.6 Å². The highest BCUT2D eigenvalue weighted by atomic mass is 16.5. The molecule has 2 heterocycles. The molecular formula is C18H18N2O5. The topological polar surface area (TPSA) is 92.3 Å². The summed E-state index contributed by atoms with van der Waals surface area (Å²) < 4.78 is 10.5. The van der Waals surface area contributed by atoms with Crippen molar-refractivity contribution < 1.29 is 23.8 Å². The van der Waals surface area contributed by atoms with Crippen LogP contribution < -0.4 is 4.74 Å². The zero-order valence-corrected chi connectivity index (χ0v) is 13.7. The normalized spacial score (nSPS) is 16.6. The Morgan fingerprint density at radius 3 is 2.64 bits per heavy atom. The molecule has 1 aromatic carbocycles. The monoisotopic (exact) mass is 342 g/mol. The smallest absolute Gasteiger partial charge is 0.303 e. The molecule has 7 heteroatoms. The van der Waals surface area contributed by atoms with Crippen LogP contribution in [0.4, 0.5) is 0 Å². The van der Waals surface area contributed by atoms with Crippen LogP contribution in [0.25, 0.3) is 0 Å². The molecule has 7 nitrogen and oxygen atoms in total. The van der Waals surface area contributed by atoms with Gasteiger partial charge in [0.25, 0.3) is 0 Å². The van der Waals surface area contributed by atoms with Gasteiger partial charge in [0.1, 0.15) is 17.2 Å². The van der Waals surface area contributed by atoms with Crippen LogP contribution in [0.15, 0.2) is 52.2 Å². The number of nitrogens with zero attached hydrogens (tertiary/aromatic N) is 2. The second-order valence-electron chi connectivity index (χ2n) is 5.65. The lowest BCUT2D eigenvalue weighted by atomic mass is 10.0. The Kier molecular flexibility index (Phi) is 4.83. The highest BCUT2D eigenvalue weighted by molar-refractivity contribution is 6.01. The predicted octanol–water partition coefficient (Wildman–Crippen LogP) is 2.83. The maximum Gasteiger partial charge on any atom is 0.303 e. The molecule has 0 spiro atoms. The van der Waals surface area contributed by atoms with Gasteiger partial charge in [0, 0.05) is 12.8 Å². The molecule has 1 N–H and O–H groups in total. The van der Waals surface area contributed by atoms with Crippen molar-refractivity contribution in [3.63, 3.8) is 0 Å². The standard InChI is InChI=1S/C18H18N2O5/c1-24-13-6-4-12(5-7-13)15-11-14(16-3-2-10-25-16)19-20(15)17(21)8-9-18(22)23/h2-7,10,15H,8-9,11H2,1H3,(H,22,23)/t15-/m1/s1. The molecule has 25 heavy (non-hydrogen) atoms. The van der Waals surface area contributed by atoms with Crippen LogP contribution in [0.3, 0.4) is 0 Å². The molecule has 0 aliphatic carbocycles. The van der Waals surface area contributed by atoms with E-state index >= 15 is 0 Å². The number of hydrazone groups is 1. The number of carboxylic acids is 1. The summed E-state index contributed by atoms with van der Waals surface area (Å²) in [6, 6.07) is 10.6. The van der Waals surface area contributed by atoms with E-state index in [1.807, 2.05) is 24.3 Å². The van der Waals surface area contributed by atoms with Crippen LogP contribution in [0.2, 0.25) is 0 Å². The lowest BCUT2D eigenvalue weighted by molar-refractivity contribution is -0.141. The van der Waals surface area contributed by atoms with Gasteiger partial charge >= 0.3 is 5.97 Å². The number of hydrogen-bond acceptors (Lipinski definition) is 5. The van der Waals surface area contributed by atoms with E-state index in [0.29, 0.717) is 17.9 Å². The van der Waals surface area contributed by atoms with Gasteiger partial charge < -0.3 is 14.3 Å². The van der Waals surface area contributed by atoms with Crippen molar-refractivity contribution in [2.45, 2.75) is 25.3 Å². The molecule has 1 aliphatic heterocycles. The number of benzene rings is 1. The Balaban J connectivity index is 1.86. The average Bonchev–Trinajstić information content (AvgIpc) is 3.29. The molecule has 1 atom stereocenters. The largest absolute Gasteiger partial charge is 0.497 e. The summed E-state index contributed by atoms with van der Waals surface area (Å²) in [5.74, 6) is -0.0155. The summed E-state index contributed by atoms with van der Waals surface area (Å²) in [5.41, 5.74) is 1.56. The highest BCUT2D eigenvalue weighted by Crippen LogP contribution is 2.34. The number of furan rings is 1. The van der Waals surface area contributed by atoms with E-state index in [4.69, 9.17) is 14.3 Å². The molecule has 0 radical (unpaired) electrons. The van der Waals surface area contributed by atoms with Crippen molar-refractivity contribution in [1.82, 2.24) is 5.01 Å². The minimum atomic E-state index is -1.01. The van der Waals surface area contributed by atoms with E-state index in [-0.39, 0.29) is 24.8 Å². The number of carbonyl (C=O) groups is 2. The number of rotatable bonds is 6. The third-order valence-corrected chi connectivity index (χ3v) is 4.02. The molecule has 0 bridgehead atoms. The van der Waals surface area contributed by atoms with Crippen LogP contribution in [-0.2, 0) is 9.59 Å². The number of carboxylic acid groups (broad SMARTS) is 1. The Hall–Kier alpha value is -3.09. The summed E-state index contributed by atoms with van der Waals surface area (Å²) in [5, 5.41) is 14.6. The first kappa shape index (κ1) is 16.8. The summed E-state index contributed by atoms with van der Waals surface area (Å²) in [6.07, 6.45) is 1.72. The lowest BCUT2D eigenvalue weighted by Gasteiger charge is -2.22. The maximum absolute atomic E-state index is 12.5. The second kappa shape index (κ2) is 7.21. The molecule has 2 aromatic rings. The van der Waals surface area contributed by atoms with Gasteiger partial charge in [-0.2, -0.15) is 5.10 Å². The van der Waals surface area contributed by atoms with E-state index in [2.05, 4.69) is 5.10 Å². The Bertz CT molecular complexity index is 780. The Morgan fingerprint density at radius 2 is 2.04 bits per heavy atom. The van der Waals surface area contributed by atoms with Gasteiger partial charge in [-0.05, 0) is 29.8 Å². The van der Waals surface area contributed by atoms with E-state index in [9.17, 15) is 9.59 Å². The molecule has 0 saturated carbocycles. The van der Waals surface area contributed by atoms with Gasteiger partial charge in [-0.25, -0.2) is 5.01 Å². The van der Waals surface area contributed by atoms with Crippen molar-refractivity contribution >= 4 is 17.6 Å². The number of hydrogen-bond donors (Lipinski definition) is 1. The predicted molar refractivity (Wildman–Crippen MR) is 89.3 cm³/mol. The lowest BCUT2D eigenvalue weighted by Crippen LogP contribution is -2.27. The Labute approximate surface area is 144 Å². The molecule has 0 saturated heterocycles. The zero-order chi connectivity index (χ0) is 17.8. The molecule has 1 amide bonds. The first-order valence-corrected chi connectivity index (χ1v) is 7.87. The minimum absolute atomic E-state index is 0.100. The van der Waals surface area contributed by atoms with Crippen molar-refractivity contribution in [3.05, 3.63) is 54.0 Å². The van der Waals surface area contributed by atoms with E-state index < -0.39 is 5.97 Å². The van der Waals surface area contributed by atoms with Crippen LogP contribution in [-0.4, -0.2) is 34.8 Å². The van der Waals surface area contributed by atoms with Gasteiger partial charge in [0.2, 0.25) is 5.91 Å². The van der Waals surface area contributed by atoms with Crippen molar-refractivity contribution in [2.75, 3.05) is 7.11 Å². The fraction of sp³-hybridized carbons (Fsp3) is 0.278. The van der Waals surface area contributed by atoms with Crippen LogP contribution in [0, 0.1) is 0 Å². The van der Waals surface area contributed by atoms with Gasteiger partial charge in [-0.3, -0.25) is 9.59 Å². The minimum Gasteiger partial charge on any atom is -0.497 e. The fourth-order valence-electron chi connectivity index (χ4n) is 2.75. The number of carbonyl (C=O) groups excluding carboxylic acids is 1. The zero-order valence-electron chi connectivity index (χ0n) is 13.7. The molecule has 0 unspecified atom stereocenters. The SMILES string of the molecule is COc1ccc([C@H]2CC(c3ccco3)=NN2C(=O)CCC(=O)O)cc1. The van der Waals surface area contributed by atoms with Crippen LogP contribution in [0.5, 0.6) is 5.75 Å². The van der Waals surface area contributed by atoms with Crippen LogP contribution >= 0.6 is 0 Å². The summed E-state index contributed by atoms with van der Waals surface area (Å²) in [7, 11) is 1.59. The summed E-state index contributed by atoms with van der Waals surface area (Å²) in [6.45, 7) is 0. The van der Waals surface area contributed by atoms with Gasteiger partial charge in [0.05, 0.1) is 25.8 Å². The van der Waals surface area contributed by atoms with Gasteiger partial charge in [0.15, 0.2) is 0 Å². The Morgan fingerprint density at radius 1 is 1.28 bits per heavy atom. The van der Waals surface area contributed by atoms with E-state index in [0.717, 1.165) is 11.3 Å². The van der Waals surface area contributed by atoms with Crippen molar-refractivity contribution in [1.29, 1.82) is 0 Å². The molecule has 3 rings (SSSR count). The first-order valence-electron chi connectivity index (χ1n) is 7.87. The molecular weight excluding hydrogens is 324 g/mol. The molecule has 1 aliphatic rings. The van der Waals surface area contributed by atoms with Gasteiger partial charge in [-0.1, -0.05) is 12.1 Å². The molecule has 130 valence electrons. The number of methoxy groups -OCH3 is 1. The maximum atomic E-state index is 12.5. The number of aliphatic carboxylic acids is 1. The quantitative estimate of drug-likeness (QED) is 0.871. The van der Waals surface area contributed by atoms with E-state index in [1.165, 1.54) is 5.01 Å². The summed E-state index contributed by atoms with van der Waals surface area (Å²) >= 11 is 0. The van der Waals surface area contributed by atoms with Gasteiger partial charge in [-0.15, -0.1) is 0 Å². The van der Waals surface area contributed by atoms with Crippen molar-refractivity contribution in [3.8, 4) is 5.75 Å². The second-order valence-corrected chi connectivity index (χ2v) is 5.65. The molecule has 1 aromatic heterocycles. The third-order valence-electron chi connectivity index (χ3n) is 4.02. The highest BCUT2D eigenvalue weighted by Gasteiger charge is 2.33. The average molecular weight is 342 g/mol. The molecule has 0 fully saturated rings.